The lowest BCUT2D eigenvalue weighted by Crippen LogP contribution is -2.43. The van der Waals surface area contributed by atoms with Crippen molar-refractivity contribution < 1.29 is 18.0 Å². The van der Waals surface area contributed by atoms with Gasteiger partial charge in [-0.1, -0.05) is 25.0 Å². The van der Waals surface area contributed by atoms with E-state index >= 15 is 0 Å². The Balaban J connectivity index is 2.05. The summed E-state index contributed by atoms with van der Waals surface area (Å²) in [6.07, 6.45) is -2.88. The van der Waals surface area contributed by atoms with Crippen molar-refractivity contribution in [3.05, 3.63) is 35.4 Å². The van der Waals surface area contributed by atoms with Crippen LogP contribution in [0.25, 0.3) is 0 Å². The third kappa shape index (κ3) is 4.25. The Labute approximate surface area is 133 Å². The minimum absolute atomic E-state index is 0.0207. The maximum absolute atomic E-state index is 13.1. The minimum atomic E-state index is -4.33. The molecule has 0 heterocycles. The molecule has 0 aromatic heterocycles. The van der Waals surface area contributed by atoms with E-state index in [1.54, 1.807) is 31.2 Å². The van der Waals surface area contributed by atoms with Gasteiger partial charge in [-0.25, -0.2) is 0 Å². The standard InChI is InChI=1S/C17H19F3N2O/c1-11(13-8-6-12(10-21)7-9-13)22-16(23)14-4-2-3-5-15(14)17(18,19)20/h6-9,11,14-15H,2-5H2,1H3,(H,22,23)/t11-,14+,15+/m0/s1. The summed E-state index contributed by atoms with van der Waals surface area (Å²) in [7, 11) is 0. The summed E-state index contributed by atoms with van der Waals surface area (Å²) in [5.74, 6) is -3.10. The molecular formula is C17H19F3N2O. The van der Waals surface area contributed by atoms with Crippen LogP contribution in [0.4, 0.5) is 13.2 Å². The Bertz CT molecular complexity index is 589. The first-order valence-corrected chi connectivity index (χ1v) is 7.70. The van der Waals surface area contributed by atoms with Crippen LogP contribution in [0.2, 0.25) is 0 Å². The molecule has 1 amide bonds. The highest BCUT2D eigenvalue weighted by atomic mass is 19.4. The molecule has 1 N–H and O–H groups in total. The predicted molar refractivity (Wildman–Crippen MR) is 79.2 cm³/mol. The van der Waals surface area contributed by atoms with Gasteiger partial charge in [0.15, 0.2) is 0 Å². The highest BCUT2D eigenvalue weighted by Crippen LogP contribution is 2.41. The summed E-state index contributed by atoms with van der Waals surface area (Å²) >= 11 is 0. The van der Waals surface area contributed by atoms with E-state index in [4.69, 9.17) is 5.26 Å². The lowest BCUT2D eigenvalue weighted by Gasteiger charge is -2.32. The molecule has 1 fully saturated rings. The van der Waals surface area contributed by atoms with Crippen molar-refractivity contribution in [2.24, 2.45) is 11.8 Å². The highest BCUT2D eigenvalue weighted by molar-refractivity contribution is 5.79. The molecule has 2 rings (SSSR count). The van der Waals surface area contributed by atoms with Crippen molar-refractivity contribution in [2.75, 3.05) is 0 Å². The lowest BCUT2D eigenvalue weighted by molar-refractivity contribution is -0.198. The number of carbonyl (C=O) groups excluding carboxylic acids is 1. The van der Waals surface area contributed by atoms with Crippen LogP contribution in [0.1, 0.15) is 49.8 Å². The molecule has 1 aliphatic carbocycles. The fraction of sp³-hybridized carbons (Fsp3) is 0.529. The van der Waals surface area contributed by atoms with Gasteiger partial charge in [0.2, 0.25) is 5.91 Å². The topological polar surface area (TPSA) is 52.9 Å². The molecule has 1 aliphatic rings. The fourth-order valence-corrected chi connectivity index (χ4v) is 3.09. The van der Waals surface area contributed by atoms with Crippen molar-refractivity contribution in [3.8, 4) is 6.07 Å². The third-order valence-electron chi connectivity index (χ3n) is 4.42. The van der Waals surface area contributed by atoms with E-state index in [2.05, 4.69) is 5.32 Å². The second-order valence-electron chi connectivity index (χ2n) is 6.00. The lowest BCUT2D eigenvalue weighted by atomic mass is 9.78. The van der Waals surface area contributed by atoms with Crippen LogP contribution in [-0.2, 0) is 4.79 Å². The molecule has 1 saturated carbocycles. The number of hydrogen-bond donors (Lipinski definition) is 1. The molecule has 3 atom stereocenters. The maximum Gasteiger partial charge on any atom is 0.392 e. The number of hydrogen-bond acceptors (Lipinski definition) is 2. The molecular weight excluding hydrogens is 305 g/mol. The van der Waals surface area contributed by atoms with Crippen LogP contribution in [0.3, 0.4) is 0 Å². The molecule has 6 heteroatoms. The second kappa shape index (κ2) is 7.03. The minimum Gasteiger partial charge on any atom is -0.349 e. The van der Waals surface area contributed by atoms with Crippen LogP contribution in [0.5, 0.6) is 0 Å². The van der Waals surface area contributed by atoms with Crippen LogP contribution < -0.4 is 5.32 Å². The molecule has 0 spiro atoms. The molecule has 0 radical (unpaired) electrons. The van der Waals surface area contributed by atoms with Crippen LogP contribution >= 0.6 is 0 Å². The van der Waals surface area contributed by atoms with Crippen LogP contribution in [-0.4, -0.2) is 12.1 Å². The van der Waals surface area contributed by atoms with E-state index in [1.807, 2.05) is 6.07 Å². The fourth-order valence-electron chi connectivity index (χ4n) is 3.09. The Morgan fingerprint density at radius 1 is 1.26 bits per heavy atom. The zero-order chi connectivity index (χ0) is 17.0. The van der Waals surface area contributed by atoms with Gasteiger partial charge < -0.3 is 5.32 Å². The van der Waals surface area contributed by atoms with Crippen molar-refractivity contribution >= 4 is 5.91 Å². The molecule has 0 unspecified atom stereocenters. The van der Waals surface area contributed by atoms with Gasteiger partial charge in [0.1, 0.15) is 0 Å². The summed E-state index contributed by atoms with van der Waals surface area (Å²) in [5, 5.41) is 11.4. The highest BCUT2D eigenvalue weighted by Gasteiger charge is 2.48. The zero-order valence-corrected chi connectivity index (χ0v) is 12.9. The van der Waals surface area contributed by atoms with Gasteiger partial charge in [-0.3, -0.25) is 4.79 Å². The summed E-state index contributed by atoms with van der Waals surface area (Å²) in [6, 6.07) is 8.24. The molecule has 1 aromatic rings. The number of nitriles is 1. The number of amides is 1. The molecule has 0 saturated heterocycles. The summed E-state index contributed by atoms with van der Waals surface area (Å²) < 4.78 is 39.3. The molecule has 1 aromatic carbocycles. The number of nitrogens with one attached hydrogen (secondary N) is 1. The number of carbonyl (C=O) groups is 1. The van der Waals surface area contributed by atoms with E-state index in [0.717, 1.165) is 5.56 Å². The molecule has 0 bridgehead atoms. The largest absolute Gasteiger partial charge is 0.392 e. The summed E-state index contributed by atoms with van der Waals surface area (Å²) in [5.41, 5.74) is 1.26. The maximum atomic E-state index is 13.1. The van der Waals surface area contributed by atoms with Crippen molar-refractivity contribution in [1.29, 1.82) is 5.26 Å². The van der Waals surface area contributed by atoms with Gasteiger partial charge in [-0.05, 0) is 37.5 Å². The molecule has 3 nitrogen and oxygen atoms in total. The van der Waals surface area contributed by atoms with Crippen molar-refractivity contribution in [3.63, 3.8) is 0 Å². The van der Waals surface area contributed by atoms with E-state index in [1.165, 1.54) is 0 Å². The number of benzene rings is 1. The van der Waals surface area contributed by atoms with Gasteiger partial charge in [0.05, 0.1) is 23.6 Å². The Morgan fingerprint density at radius 3 is 2.43 bits per heavy atom. The Morgan fingerprint density at radius 2 is 1.87 bits per heavy atom. The molecule has 124 valence electrons. The first kappa shape index (κ1) is 17.3. The average molecular weight is 324 g/mol. The Hall–Kier alpha value is -2.03. The number of halogens is 3. The van der Waals surface area contributed by atoms with Crippen LogP contribution in [0.15, 0.2) is 24.3 Å². The first-order chi connectivity index (χ1) is 10.8. The van der Waals surface area contributed by atoms with E-state index in [0.29, 0.717) is 18.4 Å². The summed E-state index contributed by atoms with van der Waals surface area (Å²) in [6.45, 7) is 1.73. The van der Waals surface area contributed by atoms with E-state index in [-0.39, 0.29) is 12.8 Å². The SMILES string of the molecule is C[C@H](NC(=O)[C@@H]1CCCC[C@H]1C(F)(F)F)c1ccc(C#N)cc1. The smallest absolute Gasteiger partial charge is 0.349 e. The summed E-state index contributed by atoms with van der Waals surface area (Å²) in [4.78, 5) is 12.3. The Kier molecular flexibility index (Phi) is 5.30. The second-order valence-corrected chi connectivity index (χ2v) is 6.00. The average Bonchev–Trinajstić information content (AvgIpc) is 2.54. The molecule has 23 heavy (non-hydrogen) atoms. The van der Waals surface area contributed by atoms with E-state index in [9.17, 15) is 18.0 Å². The van der Waals surface area contributed by atoms with Crippen LogP contribution in [0, 0.1) is 23.2 Å². The van der Waals surface area contributed by atoms with Gasteiger partial charge in [-0.2, -0.15) is 18.4 Å². The molecule has 0 aliphatic heterocycles. The van der Waals surface area contributed by atoms with Gasteiger partial charge in [-0.15, -0.1) is 0 Å². The van der Waals surface area contributed by atoms with Gasteiger partial charge in [0, 0.05) is 5.92 Å². The van der Waals surface area contributed by atoms with Crippen molar-refractivity contribution in [2.45, 2.75) is 44.8 Å². The third-order valence-corrected chi connectivity index (χ3v) is 4.42. The quantitative estimate of drug-likeness (QED) is 0.910. The number of rotatable bonds is 3. The van der Waals surface area contributed by atoms with E-state index < -0.39 is 30.0 Å². The van der Waals surface area contributed by atoms with Crippen molar-refractivity contribution in [1.82, 2.24) is 5.32 Å². The first-order valence-electron chi connectivity index (χ1n) is 7.70. The number of alkyl halides is 3. The number of nitrogens with zero attached hydrogens (tertiary/aromatic N) is 1. The van der Waals surface area contributed by atoms with Gasteiger partial charge >= 0.3 is 6.18 Å². The monoisotopic (exact) mass is 324 g/mol. The predicted octanol–water partition coefficient (Wildman–Crippen LogP) is 4.10. The normalized spacial score (nSPS) is 22.9. The van der Waals surface area contributed by atoms with Gasteiger partial charge in [0.25, 0.3) is 0 Å². The zero-order valence-electron chi connectivity index (χ0n) is 12.9.